The van der Waals surface area contributed by atoms with Gasteiger partial charge in [0, 0.05) is 20.0 Å². The van der Waals surface area contributed by atoms with Crippen LogP contribution < -0.4 is 4.74 Å². The van der Waals surface area contributed by atoms with Crippen molar-refractivity contribution in [3.8, 4) is 5.75 Å². The summed E-state index contributed by atoms with van der Waals surface area (Å²) in [5, 5.41) is 0. The van der Waals surface area contributed by atoms with E-state index in [1.165, 1.54) is 5.56 Å². The fourth-order valence-corrected chi connectivity index (χ4v) is 2.93. The molecule has 0 N–H and O–H groups in total. The number of carbonyl (C=O) groups is 1. The first-order valence-electron chi connectivity index (χ1n) is 10.3. The Kier molecular flexibility index (Phi) is 8.56. The highest BCUT2D eigenvalue weighted by atomic mass is 16.6. The molecule has 4 heteroatoms. The van der Waals surface area contributed by atoms with Gasteiger partial charge in [-0.3, -0.25) is 0 Å². The summed E-state index contributed by atoms with van der Waals surface area (Å²) in [4.78, 5) is 13.9. The number of aryl methyl sites for hydroxylation is 1. The van der Waals surface area contributed by atoms with E-state index in [2.05, 4.69) is 31.2 Å². The topological polar surface area (TPSA) is 38.8 Å². The summed E-state index contributed by atoms with van der Waals surface area (Å²) in [5.41, 5.74) is 1.88. The Bertz CT molecular complexity index is 735. The van der Waals surface area contributed by atoms with E-state index in [0.717, 1.165) is 30.6 Å². The van der Waals surface area contributed by atoms with Crippen molar-refractivity contribution in [2.75, 3.05) is 13.6 Å². The highest BCUT2D eigenvalue weighted by Crippen LogP contribution is 2.26. The number of carbonyl (C=O) groups excluding carboxylic acids is 1. The molecule has 4 nitrogen and oxygen atoms in total. The second kappa shape index (κ2) is 10.9. The van der Waals surface area contributed by atoms with Crippen molar-refractivity contribution >= 4 is 6.09 Å². The summed E-state index contributed by atoms with van der Waals surface area (Å²) in [5.74, 6) is 0.831. The number of ether oxygens (including phenoxy) is 2. The van der Waals surface area contributed by atoms with Crippen LogP contribution in [-0.2, 0) is 11.2 Å². The second-order valence-electron chi connectivity index (χ2n) is 8.31. The summed E-state index contributed by atoms with van der Waals surface area (Å²) in [6.45, 7) is 10.0. The number of nitrogens with zero attached hydrogens (tertiary/aromatic N) is 1. The molecule has 0 spiro atoms. The SMILES string of the molecule is [CH2]CCCc1ccc(OC(CCN(C)C(=O)OC(C)(C)C)c2ccccc2)cc1. The van der Waals surface area contributed by atoms with Gasteiger partial charge in [0.15, 0.2) is 0 Å². The van der Waals surface area contributed by atoms with E-state index in [4.69, 9.17) is 9.47 Å². The van der Waals surface area contributed by atoms with Gasteiger partial charge in [-0.25, -0.2) is 4.79 Å². The van der Waals surface area contributed by atoms with Crippen molar-refractivity contribution < 1.29 is 14.3 Å². The van der Waals surface area contributed by atoms with Gasteiger partial charge in [0.1, 0.15) is 17.5 Å². The van der Waals surface area contributed by atoms with Crippen LogP contribution in [0.4, 0.5) is 4.79 Å². The summed E-state index contributed by atoms with van der Waals surface area (Å²) in [7, 11) is 1.76. The van der Waals surface area contributed by atoms with E-state index >= 15 is 0 Å². The van der Waals surface area contributed by atoms with Crippen LogP contribution in [0.25, 0.3) is 0 Å². The largest absolute Gasteiger partial charge is 0.486 e. The molecule has 0 aliphatic heterocycles. The van der Waals surface area contributed by atoms with Crippen LogP contribution in [0, 0.1) is 6.92 Å². The van der Waals surface area contributed by atoms with E-state index in [1.807, 2.05) is 51.1 Å². The molecule has 0 heterocycles. The predicted molar refractivity (Wildman–Crippen MR) is 118 cm³/mol. The van der Waals surface area contributed by atoms with Crippen LogP contribution in [0.3, 0.4) is 0 Å². The van der Waals surface area contributed by atoms with Crippen molar-refractivity contribution in [2.24, 2.45) is 0 Å². The number of hydrogen-bond acceptors (Lipinski definition) is 3. The van der Waals surface area contributed by atoms with Gasteiger partial charge < -0.3 is 14.4 Å². The third kappa shape index (κ3) is 8.18. The lowest BCUT2D eigenvalue weighted by Gasteiger charge is -2.26. The average Bonchev–Trinajstić information content (AvgIpc) is 2.69. The van der Waals surface area contributed by atoms with Crippen LogP contribution >= 0.6 is 0 Å². The first kappa shape index (κ1) is 22.8. The highest BCUT2D eigenvalue weighted by molar-refractivity contribution is 5.67. The summed E-state index contributed by atoms with van der Waals surface area (Å²) >= 11 is 0. The fraction of sp³-hybridized carbons (Fsp3) is 0.440. The third-order valence-corrected chi connectivity index (χ3v) is 4.52. The number of benzene rings is 2. The maximum Gasteiger partial charge on any atom is 0.410 e. The maximum absolute atomic E-state index is 12.2. The Morgan fingerprint density at radius 3 is 2.31 bits per heavy atom. The Balaban J connectivity index is 2.03. The molecule has 0 saturated carbocycles. The molecule has 2 aromatic rings. The van der Waals surface area contributed by atoms with E-state index < -0.39 is 5.60 Å². The van der Waals surface area contributed by atoms with E-state index in [-0.39, 0.29) is 12.2 Å². The highest BCUT2D eigenvalue weighted by Gasteiger charge is 2.21. The van der Waals surface area contributed by atoms with Crippen LogP contribution in [0.1, 0.15) is 57.3 Å². The summed E-state index contributed by atoms with van der Waals surface area (Å²) < 4.78 is 11.7. The van der Waals surface area contributed by atoms with Crippen molar-refractivity contribution in [3.05, 3.63) is 72.6 Å². The molecular formula is C25H34NO3. The van der Waals surface area contributed by atoms with E-state index in [9.17, 15) is 4.79 Å². The Morgan fingerprint density at radius 1 is 1.07 bits per heavy atom. The molecule has 0 fully saturated rings. The molecule has 29 heavy (non-hydrogen) atoms. The van der Waals surface area contributed by atoms with Crippen molar-refractivity contribution in [1.29, 1.82) is 0 Å². The second-order valence-corrected chi connectivity index (χ2v) is 8.31. The minimum absolute atomic E-state index is 0.147. The molecule has 1 unspecified atom stereocenters. The lowest BCUT2D eigenvalue weighted by Crippen LogP contribution is -2.35. The number of hydrogen-bond donors (Lipinski definition) is 0. The van der Waals surface area contributed by atoms with E-state index in [1.54, 1.807) is 11.9 Å². The smallest absolute Gasteiger partial charge is 0.410 e. The molecule has 0 bridgehead atoms. The quantitative estimate of drug-likeness (QED) is 0.505. The van der Waals surface area contributed by atoms with Crippen molar-refractivity contribution in [1.82, 2.24) is 4.90 Å². The van der Waals surface area contributed by atoms with Crippen molar-refractivity contribution in [2.45, 2.75) is 58.2 Å². The monoisotopic (exact) mass is 396 g/mol. The molecule has 1 amide bonds. The van der Waals surface area contributed by atoms with Gasteiger partial charge in [-0.1, -0.05) is 55.8 Å². The van der Waals surface area contributed by atoms with Crippen molar-refractivity contribution in [3.63, 3.8) is 0 Å². The molecule has 0 saturated heterocycles. The zero-order valence-electron chi connectivity index (χ0n) is 18.2. The minimum atomic E-state index is -0.504. The van der Waals surface area contributed by atoms with Gasteiger partial charge in [-0.2, -0.15) is 0 Å². The Hall–Kier alpha value is -2.49. The molecule has 2 rings (SSSR count). The molecule has 0 aromatic heterocycles. The lowest BCUT2D eigenvalue weighted by molar-refractivity contribution is 0.0278. The van der Waals surface area contributed by atoms with Gasteiger partial charge in [-0.05, 0) is 56.9 Å². The average molecular weight is 397 g/mol. The van der Waals surface area contributed by atoms with E-state index in [0.29, 0.717) is 13.0 Å². The first-order chi connectivity index (χ1) is 13.8. The molecule has 0 aliphatic carbocycles. The first-order valence-corrected chi connectivity index (χ1v) is 10.3. The van der Waals surface area contributed by atoms with Gasteiger partial charge in [-0.15, -0.1) is 0 Å². The summed E-state index contributed by atoms with van der Waals surface area (Å²) in [6.07, 6.45) is 3.27. The van der Waals surface area contributed by atoms with Gasteiger partial charge in [0.05, 0.1) is 0 Å². The number of unbranched alkanes of at least 4 members (excludes halogenated alkanes) is 1. The maximum atomic E-state index is 12.2. The Morgan fingerprint density at radius 2 is 1.72 bits per heavy atom. The van der Waals surface area contributed by atoms with Gasteiger partial charge in [0.25, 0.3) is 0 Å². The van der Waals surface area contributed by atoms with Crippen LogP contribution in [0.2, 0.25) is 0 Å². The molecular weight excluding hydrogens is 362 g/mol. The molecule has 0 aliphatic rings. The normalized spacial score (nSPS) is 12.3. The van der Waals surface area contributed by atoms with Gasteiger partial charge in [0.2, 0.25) is 0 Å². The molecule has 2 aromatic carbocycles. The number of rotatable bonds is 9. The zero-order chi connectivity index (χ0) is 21.3. The molecule has 157 valence electrons. The third-order valence-electron chi connectivity index (χ3n) is 4.52. The fourth-order valence-electron chi connectivity index (χ4n) is 2.93. The zero-order valence-corrected chi connectivity index (χ0v) is 18.2. The molecule has 1 radical (unpaired) electrons. The van der Waals surface area contributed by atoms with Crippen LogP contribution in [-0.4, -0.2) is 30.2 Å². The predicted octanol–water partition coefficient (Wildman–Crippen LogP) is 6.22. The lowest BCUT2D eigenvalue weighted by atomic mass is 10.1. The minimum Gasteiger partial charge on any atom is -0.486 e. The Labute approximate surface area is 175 Å². The number of amides is 1. The standard InChI is InChI=1S/C25H34NO3/c1-6-7-11-20-14-16-22(17-15-20)28-23(21-12-9-8-10-13-21)18-19-26(5)24(27)29-25(2,3)4/h8-10,12-17,23H,1,6-7,11,18-19H2,2-5H3. The van der Waals surface area contributed by atoms with Crippen LogP contribution in [0.5, 0.6) is 5.75 Å². The summed E-state index contributed by atoms with van der Waals surface area (Å²) in [6, 6.07) is 18.4. The van der Waals surface area contributed by atoms with Crippen LogP contribution in [0.15, 0.2) is 54.6 Å². The van der Waals surface area contributed by atoms with Gasteiger partial charge >= 0.3 is 6.09 Å². The molecule has 1 atom stereocenters.